The van der Waals surface area contributed by atoms with E-state index in [-0.39, 0.29) is 17.7 Å². The van der Waals surface area contributed by atoms with Crippen LogP contribution in [0.25, 0.3) is 0 Å². The molecule has 0 saturated carbocycles. The molecule has 0 fully saturated rings. The van der Waals surface area contributed by atoms with Crippen LogP contribution in [0.15, 0.2) is 6.07 Å². The number of aryl methyl sites for hydroxylation is 1. The fraction of sp³-hybridized carbons (Fsp3) is 0.615. The smallest absolute Gasteiger partial charge is 0.179 e. The third-order valence-corrected chi connectivity index (χ3v) is 3.15. The molecule has 17 heavy (non-hydrogen) atoms. The molecule has 0 aliphatic rings. The summed E-state index contributed by atoms with van der Waals surface area (Å²) in [4.78, 5) is 11.7. The fourth-order valence-corrected chi connectivity index (χ4v) is 2.32. The van der Waals surface area contributed by atoms with Gasteiger partial charge in [-0.15, -0.1) is 11.6 Å². The molecule has 0 amide bonds. The van der Waals surface area contributed by atoms with E-state index in [1.54, 1.807) is 0 Å². The Bertz CT molecular complexity index is 398. The topological polar surface area (TPSA) is 31.2 Å². The number of carbonyl (C=O) groups is 1. The van der Waals surface area contributed by atoms with Crippen LogP contribution in [-0.4, -0.2) is 29.4 Å². The van der Waals surface area contributed by atoms with Crippen molar-refractivity contribution >= 4 is 17.4 Å². The SMILES string of the molecule is CCOCC(C)n1c(C)cc(C(=O)CCl)c1C. The van der Waals surface area contributed by atoms with Crippen LogP contribution >= 0.6 is 11.6 Å². The third-order valence-electron chi connectivity index (χ3n) is 2.91. The summed E-state index contributed by atoms with van der Waals surface area (Å²) in [7, 11) is 0. The Morgan fingerprint density at radius 2 is 2.18 bits per heavy atom. The van der Waals surface area contributed by atoms with Gasteiger partial charge in [0.15, 0.2) is 5.78 Å². The van der Waals surface area contributed by atoms with E-state index in [1.165, 1.54) is 0 Å². The molecule has 4 heteroatoms. The molecule has 0 N–H and O–H groups in total. The molecule has 1 heterocycles. The first-order chi connectivity index (χ1) is 8.02. The van der Waals surface area contributed by atoms with Crippen LogP contribution in [0.3, 0.4) is 0 Å². The lowest BCUT2D eigenvalue weighted by Crippen LogP contribution is -2.15. The van der Waals surface area contributed by atoms with Crippen LogP contribution in [-0.2, 0) is 4.74 Å². The highest BCUT2D eigenvalue weighted by molar-refractivity contribution is 6.30. The van der Waals surface area contributed by atoms with E-state index >= 15 is 0 Å². The van der Waals surface area contributed by atoms with Gasteiger partial charge in [0.25, 0.3) is 0 Å². The van der Waals surface area contributed by atoms with Gasteiger partial charge in [0.2, 0.25) is 0 Å². The van der Waals surface area contributed by atoms with Crippen LogP contribution in [0, 0.1) is 13.8 Å². The molecule has 0 radical (unpaired) electrons. The Hall–Kier alpha value is -0.800. The van der Waals surface area contributed by atoms with Crippen molar-refractivity contribution in [3.63, 3.8) is 0 Å². The molecule has 0 aliphatic heterocycles. The Balaban J connectivity index is 3.00. The second-order valence-corrected chi connectivity index (χ2v) is 4.49. The van der Waals surface area contributed by atoms with Crippen molar-refractivity contribution in [2.45, 2.75) is 33.7 Å². The molecule has 1 atom stereocenters. The predicted molar refractivity (Wildman–Crippen MR) is 70.2 cm³/mol. The normalized spacial score (nSPS) is 12.8. The van der Waals surface area contributed by atoms with E-state index in [1.807, 2.05) is 26.8 Å². The molecule has 0 aromatic carbocycles. The number of aromatic nitrogens is 1. The highest BCUT2D eigenvalue weighted by Crippen LogP contribution is 2.21. The van der Waals surface area contributed by atoms with Gasteiger partial charge in [0, 0.05) is 23.6 Å². The second-order valence-electron chi connectivity index (χ2n) is 4.22. The molecule has 1 aromatic rings. The zero-order valence-electron chi connectivity index (χ0n) is 10.9. The van der Waals surface area contributed by atoms with Crippen molar-refractivity contribution in [2.75, 3.05) is 19.1 Å². The molecule has 1 aromatic heterocycles. The van der Waals surface area contributed by atoms with E-state index in [2.05, 4.69) is 11.5 Å². The number of nitrogens with zero attached hydrogens (tertiary/aromatic N) is 1. The molecular formula is C13H20ClNO2. The van der Waals surface area contributed by atoms with Crippen molar-refractivity contribution in [3.05, 3.63) is 23.0 Å². The average Bonchev–Trinajstić information content (AvgIpc) is 2.61. The summed E-state index contributed by atoms with van der Waals surface area (Å²) in [5.41, 5.74) is 2.77. The minimum absolute atomic E-state index is 0.0189. The Morgan fingerprint density at radius 1 is 1.53 bits per heavy atom. The summed E-state index contributed by atoms with van der Waals surface area (Å²) in [5, 5.41) is 0. The molecule has 0 bridgehead atoms. The summed E-state index contributed by atoms with van der Waals surface area (Å²) >= 11 is 5.60. The van der Waals surface area contributed by atoms with E-state index in [0.717, 1.165) is 17.0 Å². The highest BCUT2D eigenvalue weighted by Gasteiger charge is 2.17. The quantitative estimate of drug-likeness (QED) is 0.579. The minimum atomic E-state index is -0.0189. The van der Waals surface area contributed by atoms with E-state index in [0.29, 0.717) is 13.2 Å². The first kappa shape index (κ1) is 14.3. The van der Waals surface area contributed by atoms with Crippen molar-refractivity contribution in [2.24, 2.45) is 0 Å². The van der Waals surface area contributed by atoms with Gasteiger partial charge in [-0.25, -0.2) is 0 Å². The number of ether oxygens (including phenoxy) is 1. The third kappa shape index (κ3) is 3.11. The zero-order valence-corrected chi connectivity index (χ0v) is 11.7. The lowest BCUT2D eigenvalue weighted by Gasteiger charge is -2.18. The van der Waals surface area contributed by atoms with Crippen LogP contribution in [0.5, 0.6) is 0 Å². The van der Waals surface area contributed by atoms with Gasteiger partial charge >= 0.3 is 0 Å². The number of ketones is 1. The van der Waals surface area contributed by atoms with Crippen molar-refractivity contribution in [1.82, 2.24) is 4.57 Å². The van der Waals surface area contributed by atoms with E-state index < -0.39 is 0 Å². The molecular weight excluding hydrogens is 238 g/mol. The monoisotopic (exact) mass is 257 g/mol. The molecule has 1 unspecified atom stereocenters. The van der Waals surface area contributed by atoms with Gasteiger partial charge in [-0.3, -0.25) is 4.79 Å². The predicted octanol–water partition coefficient (Wildman–Crippen LogP) is 3.12. The molecule has 1 rings (SSSR count). The first-order valence-corrected chi connectivity index (χ1v) is 6.41. The van der Waals surface area contributed by atoms with Crippen LogP contribution < -0.4 is 0 Å². The number of hydrogen-bond acceptors (Lipinski definition) is 2. The lowest BCUT2D eigenvalue weighted by molar-refractivity contribution is 0.101. The number of halogens is 1. The number of hydrogen-bond donors (Lipinski definition) is 0. The van der Waals surface area contributed by atoms with Crippen molar-refractivity contribution in [1.29, 1.82) is 0 Å². The molecule has 3 nitrogen and oxygen atoms in total. The number of carbonyl (C=O) groups excluding carboxylic acids is 1. The first-order valence-electron chi connectivity index (χ1n) is 5.88. The van der Waals surface area contributed by atoms with Gasteiger partial charge in [-0.1, -0.05) is 0 Å². The maximum Gasteiger partial charge on any atom is 0.179 e. The van der Waals surface area contributed by atoms with Gasteiger partial charge in [0.05, 0.1) is 18.5 Å². The minimum Gasteiger partial charge on any atom is -0.380 e. The summed E-state index contributed by atoms with van der Waals surface area (Å²) in [5.74, 6) is 0.0130. The molecule has 0 aliphatic carbocycles. The summed E-state index contributed by atoms with van der Waals surface area (Å²) in [6, 6.07) is 2.13. The highest BCUT2D eigenvalue weighted by atomic mass is 35.5. The van der Waals surface area contributed by atoms with E-state index in [4.69, 9.17) is 16.3 Å². The second kappa shape index (κ2) is 6.22. The van der Waals surface area contributed by atoms with Crippen LogP contribution in [0.2, 0.25) is 0 Å². The maximum absolute atomic E-state index is 11.7. The van der Waals surface area contributed by atoms with E-state index in [9.17, 15) is 4.79 Å². The Labute approximate surface area is 108 Å². The Kier molecular flexibility index (Phi) is 5.22. The fourth-order valence-electron chi connectivity index (χ4n) is 2.17. The lowest BCUT2D eigenvalue weighted by atomic mass is 10.2. The van der Waals surface area contributed by atoms with Crippen molar-refractivity contribution in [3.8, 4) is 0 Å². The zero-order chi connectivity index (χ0) is 13.0. The maximum atomic E-state index is 11.7. The average molecular weight is 258 g/mol. The number of alkyl halides is 1. The van der Waals surface area contributed by atoms with Gasteiger partial charge in [-0.05, 0) is 33.8 Å². The number of rotatable bonds is 6. The van der Waals surface area contributed by atoms with Crippen molar-refractivity contribution < 1.29 is 9.53 Å². The molecule has 0 spiro atoms. The van der Waals surface area contributed by atoms with Gasteiger partial charge in [0.1, 0.15) is 0 Å². The standard InChI is InChI=1S/C13H20ClNO2/c1-5-17-8-10(3)15-9(2)6-12(11(15)4)13(16)7-14/h6,10H,5,7-8H2,1-4H3. The van der Waals surface area contributed by atoms with Gasteiger partial charge < -0.3 is 9.30 Å². The van der Waals surface area contributed by atoms with Gasteiger partial charge in [-0.2, -0.15) is 0 Å². The molecule has 96 valence electrons. The Morgan fingerprint density at radius 3 is 2.71 bits per heavy atom. The summed E-state index contributed by atoms with van der Waals surface area (Å²) in [6.45, 7) is 9.38. The largest absolute Gasteiger partial charge is 0.380 e. The van der Waals surface area contributed by atoms with Crippen LogP contribution in [0.1, 0.15) is 41.6 Å². The van der Waals surface area contributed by atoms with Crippen LogP contribution in [0.4, 0.5) is 0 Å². The summed E-state index contributed by atoms with van der Waals surface area (Å²) in [6.07, 6.45) is 0. The molecule has 0 saturated heterocycles. The number of Topliss-reactive ketones (excluding diaryl/α,β-unsaturated/α-hetero) is 1. The summed E-state index contributed by atoms with van der Waals surface area (Å²) < 4.78 is 7.56.